The van der Waals surface area contributed by atoms with Gasteiger partial charge in [-0.2, -0.15) is 0 Å². The number of benzene rings is 3. The van der Waals surface area contributed by atoms with E-state index in [4.69, 9.17) is 39.8 Å². The molecular weight excluding hydrogens is 477 g/mol. The van der Waals surface area contributed by atoms with E-state index in [2.05, 4.69) is 41.6 Å². The Bertz CT molecular complexity index is 1350. The van der Waals surface area contributed by atoms with Gasteiger partial charge in [0.05, 0.1) is 21.3 Å². The molecule has 0 radical (unpaired) electrons. The molecule has 2 N–H and O–H groups in total. The molecule has 3 aromatic carbocycles. The summed E-state index contributed by atoms with van der Waals surface area (Å²) in [4.78, 5) is 17.1. The molecule has 0 fully saturated rings. The van der Waals surface area contributed by atoms with Crippen LogP contribution in [0.1, 0.15) is 42.1 Å². The van der Waals surface area contributed by atoms with Crippen LogP contribution in [0.25, 0.3) is 22.6 Å². The molecule has 0 saturated heterocycles. The van der Waals surface area contributed by atoms with Gasteiger partial charge in [0.25, 0.3) is 5.91 Å². The number of halogens is 2. The van der Waals surface area contributed by atoms with E-state index in [1.165, 1.54) is 5.56 Å². The molecule has 0 aliphatic rings. The summed E-state index contributed by atoms with van der Waals surface area (Å²) >= 11 is 17.7. The number of thiocarbonyl (C=S) groups is 1. The van der Waals surface area contributed by atoms with E-state index < -0.39 is 5.91 Å². The molecule has 1 aromatic heterocycles. The molecule has 5 nitrogen and oxygen atoms in total. The van der Waals surface area contributed by atoms with E-state index >= 15 is 0 Å². The first-order valence-corrected chi connectivity index (χ1v) is 11.6. The number of hydrogen-bond donors (Lipinski definition) is 2. The van der Waals surface area contributed by atoms with Crippen molar-refractivity contribution in [2.24, 2.45) is 0 Å². The molecule has 4 rings (SSSR count). The smallest absolute Gasteiger partial charge is 0.258 e. The third kappa shape index (κ3) is 5.19. The van der Waals surface area contributed by atoms with Gasteiger partial charge in [-0.15, -0.1) is 0 Å². The molecule has 4 aromatic rings. The minimum absolute atomic E-state index is 0.0923. The summed E-state index contributed by atoms with van der Waals surface area (Å²) in [6, 6.07) is 18.1. The first kappa shape index (κ1) is 23.2. The van der Waals surface area contributed by atoms with Gasteiger partial charge in [0.15, 0.2) is 10.7 Å². The lowest BCUT2D eigenvalue weighted by atomic mass is 9.98. The van der Waals surface area contributed by atoms with Crippen LogP contribution >= 0.6 is 35.4 Å². The average Bonchev–Trinajstić information content (AvgIpc) is 3.23. The maximum Gasteiger partial charge on any atom is 0.258 e. The van der Waals surface area contributed by atoms with E-state index in [0.717, 1.165) is 17.5 Å². The summed E-state index contributed by atoms with van der Waals surface area (Å²) in [5.41, 5.74) is 4.30. The second kappa shape index (κ2) is 9.91. The van der Waals surface area contributed by atoms with Crippen LogP contribution in [0.5, 0.6) is 0 Å². The van der Waals surface area contributed by atoms with E-state index in [-0.39, 0.29) is 5.11 Å². The van der Waals surface area contributed by atoms with Crippen molar-refractivity contribution in [3.63, 3.8) is 0 Å². The minimum atomic E-state index is -0.415. The monoisotopic (exact) mass is 497 g/mol. The molecule has 1 atom stereocenters. The Hall–Kier alpha value is -2.93. The lowest BCUT2D eigenvalue weighted by Crippen LogP contribution is -2.34. The fourth-order valence-electron chi connectivity index (χ4n) is 3.33. The molecule has 33 heavy (non-hydrogen) atoms. The topological polar surface area (TPSA) is 67.2 Å². The summed E-state index contributed by atoms with van der Waals surface area (Å²) in [6.07, 6.45) is 1.05. The second-order valence-electron chi connectivity index (χ2n) is 7.64. The van der Waals surface area contributed by atoms with Gasteiger partial charge in [0, 0.05) is 5.56 Å². The number of nitrogens with zero attached hydrogens (tertiary/aromatic N) is 1. The summed E-state index contributed by atoms with van der Waals surface area (Å²) < 4.78 is 5.96. The number of nitrogens with one attached hydrogen (secondary N) is 2. The second-order valence-corrected chi connectivity index (χ2v) is 8.86. The lowest BCUT2D eigenvalue weighted by molar-refractivity contribution is 0.0978. The first-order valence-electron chi connectivity index (χ1n) is 10.4. The summed E-state index contributed by atoms with van der Waals surface area (Å²) in [6.45, 7) is 4.35. The molecule has 168 valence electrons. The maximum absolute atomic E-state index is 12.5. The van der Waals surface area contributed by atoms with Gasteiger partial charge in [-0.25, -0.2) is 4.98 Å². The summed E-state index contributed by atoms with van der Waals surface area (Å²) in [5.74, 6) is 0.501. The Balaban J connectivity index is 1.55. The van der Waals surface area contributed by atoms with Crippen LogP contribution < -0.4 is 10.6 Å². The lowest BCUT2D eigenvalue weighted by Gasteiger charge is -2.12. The Morgan fingerprint density at radius 2 is 1.88 bits per heavy atom. The largest absolute Gasteiger partial charge is 0.436 e. The highest BCUT2D eigenvalue weighted by Crippen LogP contribution is 2.31. The highest BCUT2D eigenvalue weighted by atomic mass is 35.5. The Labute approximate surface area is 207 Å². The van der Waals surface area contributed by atoms with E-state index in [1.54, 1.807) is 36.4 Å². The van der Waals surface area contributed by atoms with Crippen LogP contribution in [0, 0.1) is 0 Å². The van der Waals surface area contributed by atoms with E-state index in [9.17, 15) is 4.79 Å². The molecular formula is C25H21Cl2N3O2S. The summed E-state index contributed by atoms with van der Waals surface area (Å²) in [7, 11) is 0. The zero-order valence-electron chi connectivity index (χ0n) is 18.0. The number of amides is 1. The van der Waals surface area contributed by atoms with Gasteiger partial charge in [0.1, 0.15) is 5.52 Å². The average molecular weight is 498 g/mol. The third-order valence-electron chi connectivity index (χ3n) is 5.40. The maximum atomic E-state index is 12.5. The number of anilines is 1. The van der Waals surface area contributed by atoms with Crippen LogP contribution in [-0.2, 0) is 0 Å². The molecule has 1 heterocycles. The molecule has 8 heteroatoms. The normalized spacial score (nSPS) is 11.9. The van der Waals surface area contributed by atoms with Crippen molar-refractivity contribution in [1.29, 1.82) is 0 Å². The zero-order chi connectivity index (χ0) is 23.5. The fourth-order valence-corrected chi connectivity index (χ4v) is 3.92. The Morgan fingerprint density at radius 1 is 1.09 bits per heavy atom. The van der Waals surface area contributed by atoms with Crippen LogP contribution in [-0.4, -0.2) is 16.0 Å². The third-order valence-corrected chi connectivity index (χ3v) is 6.26. The standard InChI is InChI=1S/C25H21Cl2N3O2S/c1-3-14(2)15-9-11-22-21(12-15)28-24(32-22)16-8-10-19(27)20(13-16)29-25(33)30-23(31)17-6-4-5-7-18(17)26/h4-14H,3H2,1-2H3,(H2,29,30,31,33). The number of hydrogen-bond acceptors (Lipinski definition) is 4. The number of oxazole rings is 1. The van der Waals surface area contributed by atoms with E-state index in [1.807, 2.05) is 12.1 Å². The highest BCUT2D eigenvalue weighted by molar-refractivity contribution is 7.80. The van der Waals surface area contributed by atoms with Gasteiger partial charge >= 0.3 is 0 Å². The highest BCUT2D eigenvalue weighted by Gasteiger charge is 2.15. The first-order chi connectivity index (χ1) is 15.9. The van der Waals surface area contributed by atoms with Gasteiger partial charge < -0.3 is 9.73 Å². The molecule has 1 amide bonds. The number of rotatable bonds is 5. The fraction of sp³-hybridized carbons (Fsp3) is 0.160. The van der Waals surface area contributed by atoms with Crippen molar-refractivity contribution in [3.8, 4) is 11.5 Å². The zero-order valence-corrected chi connectivity index (χ0v) is 20.3. The van der Waals surface area contributed by atoms with Crippen molar-refractivity contribution in [3.05, 3.63) is 81.8 Å². The van der Waals surface area contributed by atoms with Gasteiger partial charge in [0.2, 0.25) is 5.89 Å². The van der Waals surface area contributed by atoms with Crippen molar-refractivity contribution in [2.45, 2.75) is 26.2 Å². The van der Waals surface area contributed by atoms with Crippen LogP contribution in [0.15, 0.2) is 65.1 Å². The van der Waals surface area contributed by atoms with Crippen LogP contribution in [0.3, 0.4) is 0 Å². The number of fused-ring (bicyclic) bond motifs is 1. The van der Waals surface area contributed by atoms with Crippen LogP contribution in [0.2, 0.25) is 10.0 Å². The van der Waals surface area contributed by atoms with Crippen LogP contribution in [0.4, 0.5) is 5.69 Å². The molecule has 1 unspecified atom stereocenters. The van der Waals surface area contributed by atoms with Gasteiger partial charge in [-0.05, 0) is 72.6 Å². The molecule has 0 aliphatic carbocycles. The number of carbonyl (C=O) groups is 1. The molecule has 0 bridgehead atoms. The van der Waals surface area contributed by atoms with Crippen molar-refractivity contribution in [2.75, 3.05) is 5.32 Å². The van der Waals surface area contributed by atoms with Gasteiger partial charge in [-0.3, -0.25) is 10.1 Å². The predicted molar refractivity (Wildman–Crippen MR) is 138 cm³/mol. The minimum Gasteiger partial charge on any atom is -0.436 e. The molecule has 0 saturated carbocycles. The summed E-state index contributed by atoms with van der Waals surface area (Å²) in [5, 5.41) is 6.44. The van der Waals surface area contributed by atoms with Crippen molar-refractivity contribution < 1.29 is 9.21 Å². The number of carbonyl (C=O) groups excluding carboxylic acids is 1. The van der Waals surface area contributed by atoms with Crippen molar-refractivity contribution >= 4 is 63.2 Å². The quantitative estimate of drug-likeness (QED) is 0.280. The van der Waals surface area contributed by atoms with E-state index in [0.29, 0.717) is 38.7 Å². The Morgan fingerprint density at radius 3 is 2.64 bits per heavy atom. The molecule has 0 aliphatic heterocycles. The molecule has 0 spiro atoms. The van der Waals surface area contributed by atoms with Gasteiger partial charge in [-0.1, -0.05) is 55.2 Å². The predicted octanol–water partition coefficient (Wildman–Crippen LogP) is 7.44. The number of aromatic nitrogens is 1. The Kier molecular flexibility index (Phi) is 6.98. The SMILES string of the molecule is CCC(C)c1ccc2oc(-c3ccc(Cl)c(NC(=S)NC(=O)c4ccccc4Cl)c3)nc2c1. The van der Waals surface area contributed by atoms with Crippen molar-refractivity contribution in [1.82, 2.24) is 10.3 Å².